The van der Waals surface area contributed by atoms with Gasteiger partial charge in [-0.1, -0.05) is 6.07 Å². The average molecular weight is 444 g/mol. The molecule has 9 heteroatoms. The highest BCUT2D eigenvalue weighted by Gasteiger charge is 2.38. The fourth-order valence-corrected chi connectivity index (χ4v) is 3.39. The van der Waals surface area contributed by atoms with Crippen LogP contribution in [-0.4, -0.2) is 12.6 Å². The summed E-state index contributed by atoms with van der Waals surface area (Å²) in [7, 11) is 0. The Hall–Kier alpha value is -3.93. The highest BCUT2D eigenvalue weighted by molar-refractivity contribution is 5.92. The van der Waals surface area contributed by atoms with Crippen LogP contribution in [0.5, 0.6) is 5.75 Å². The van der Waals surface area contributed by atoms with E-state index < -0.39 is 29.3 Å². The van der Waals surface area contributed by atoms with Crippen molar-refractivity contribution in [2.75, 3.05) is 6.61 Å². The Labute approximate surface area is 182 Å². The van der Waals surface area contributed by atoms with Gasteiger partial charge in [-0.2, -0.15) is 5.26 Å². The van der Waals surface area contributed by atoms with Crippen LogP contribution in [0.3, 0.4) is 0 Å². The molecule has 0 fully saturated rings. The number of carbonyl (C=O) groups is 1. The number of nitrogens with two attached hydrogens (primary N) is 1. The van der Waals surface area contributed by atoms with Gasteiger partial charge in [0.15, 0.2) is 0 Å². The topological polar surface area (TPSA) is 94.6 Å². The predicted molar refractivity (Wildman–Crippen MR) is 107 cm³/mol. The number of ether oxygens (including phenoxy) is 3. The van der Waals surface area contributed by atoms with Gasteiger partial charge in [0.25, 0.3) is 0 Å². The smallest absolute Gasteiger partial charge is 0.338 e. The van der Waals surface area contributed by atoms with Crippen LogP contribution in [-0.2, 0) is 20.9 Å². The summed E-state index contributed by atoms with van der Waals surface area (Å²) in [6.07, 6.45) is 0. The number of nitrogens with zero attached hydrogens (tertiary/aromatic N) is 1. The molecule has 0 amide bonds. The van der Waals surface area contributed by atoms with Crippen LogP contribution in [0.25, 0.3) is 0 Å². The monoisotopic (exact) mass is 444 g/mol. The molecule has 0 radical (unpaired) electrons. The first-order valence-corrected chi connectivity index (χ1v) is 9.57. The van der Waals surface area contributed by atoms with Crippen molar-refractivity contribution in [1.29, 1.82) is 5.26 Å². The summed E-state index contributed by atoms with van der Waals surface area (Å²) in [5.41, 5.74) is 6.18. The maximum absolute atomic E-state index is 14.0. The van der Waals surface area contributed by atoms with Crippen LogP contribution in [0.2, 0.25) is 0 Å². The van der Waals surface area contributed by atoms with Crippen molar-refractivity contribution < 1.29 is 32.2 Å². The molecule has 1 unspecified atom stereocenters. The molecular formula is C23H19F3N2O4. The quantitative estimate of drug-likeness (QED) is 0.667. The van der Waals surface area contributed by atoms with Gasteiger partial charge in [-0.25, -0.2) is 18.0 Å². The van der Waals surface area contributed by atoms with Gasteiger partial charge in [-0.05, 0) is 37.6 Å². The Morgan fingerprint density at radius 2 is 1.84 bits per heavy atom. The van der Waals surface area contributed by atoms with E-state index in [0.29, 0.717) is 6.07 Å². The summed E-state index contributed by atoms with van der Waals surface area (Å²) >= 11 is 0. The normalized spacial score (nSPS) is 15.8. The molecule has 1 aliphatic heterocycles. The Balaban J connectivity index is 2.08. The molecule has 166 valence electrons. The number of carbonyl (C=O) groups excluding carboxylic acids is 1. The average Bonchev–Trinajstić information content (AvgIpc) is 2.71. The molecular weight excluding hydrogens is 425 g/mol. The van der Waals surface area contributed by atoms with Gasteiger partial charge < -0.3 is 19.9 Å². The molecule has 6 nitrogen and oxygen atoms in total. The van der Waals surface area contributed by atoms with E-state index in [-0.39, 0.29) is 52.9 Å². The van der Waals surface area contributed by atoms with Crippen molar-refractivity contribution >= 4 is 5.97 Å². The number of halogens is 3. The van der Waals surface area contributed by atoms with E-state index in [0.717, 1.165) is 24.3 Å². The van der Waals surface area contributed by atoms with Crippen LogP contribution in [0.4, 0.5) is 13.2 Å². The van der Waals surface area contributed by atoms with Crippen molar-refractivity contribution in [2.45, 2.75) is 26.4 Å². The zero-order chi connectivity index (χ0) is 23.4. The van der Waals surface area contributed by atoms with Gasteiger partial charge in [-0.15, -0.1) is 0 Å². The molecule has 0 aliphatic carbocycles. The summed E-state index contributed by atoms with van der Waals surface area (Å²) < 4.78 is 57.2. The lowest BCUT2D eigenvalue weighted by Gasteiger charge is -2.28. The third kappa shape index (κ3) is 4.70. The number of esters is 1. The molecule has 0 spiro atoms. The third-order valence-electron chi connectivity index (χ3n) is 4.70. The van der Waals surface area contributed by atoms with Gasteiger partial charge in [0.05, 0.1) is 18.1 Å². The van der Waals surface area contributed by atoms with E-state index >= 15 is 0 Å². The zero-order valence-corrected chi connectivity index (χ0v) is 17.2. The number of hydrogen-bond acceptors (Lipinski definition) is 6. The van der Waals surface area contributed by atoms with E-state index in [1.807, 2.05) is 6.07 Å². The van der Waals surface area contributed by atoms with Gasteiger partial charge in [0, 0.05) is 17.7 Å². The lowest BCUT2D eigenvalue weighted by atomic mass is 9.82. The molecule has 1 aliphatic rings. The molecule has 2 N–H and O–H groups in total. The van der Waals surface area contributed by atoms with E-state index in [9.17, 15) is 23.2 Å². The lowest BCUT2D eigenvalue weighted by Crippen LogP contribution is -2.26. The minimum atomic E-state index is -1.06. The molecule has 0 saturated carbocycles. The van der Waals surface area contributed by atoms with Crippen LogP contribution in [0.15, 0.2) is 59.2 Å². The Bertz CT molecular complexity index is 1150. The van der Waals surface area contributed by atoms with Gasteiger partial charge in [-0.3, -0.25) is 0 Å². The van der Waals surface area contributed by atoms with Crippen molar-refractivity contribution in [1.82, 2.24) is 0 Å². The largest absolute Gasteiger partial charge is 0.488 e. The first-order valence-electron chi connectivity index (χ1n) is 9.57. The van der Waals surface area contributed by atoms with E-state index in [1.54, 1.807) is 6.92 Å². The Morgan fingerprint density at radius 1 is 1.16 bits per heavy atom. The first kappa shape index (κ1) is 22.7. The first-order chi connectivity index (χ1) is 15.2. The number of rotatable bonds is 6. The summed E-state index contributed by atoms with van der Waals surface area (Å²) in [5, 5.41) is 9.68. The fraction of sp³-hybridized carbons (Fsp3) is 0.217. The van der Waals surface area contributed by atoms with Gasteiger partial charge in [0.2, 0.25) is 5.88 Å². The molecule has 1 heterocycles. The summed E-state index contributed by atoms with van der Waals surface area (Å²) in [5.74, 6) is -4.19. The number of benzene rings is 2. The minimum Gasteiger partial charge on any atom is -0.488 e. The van der Waals surface area contributed by atoms with Crippen molar-refractivity contribution in [3.63, 3.8) is 0 Å². The standard InChI is InChI=1S/C23H19F3N2O4/c1-3-30-23(29)20-12(2)32-22(28)18(10-27)21(20)17-5-4-14(24)9-19(17)31-11-13-6-15(25)8-16(26)7-13/h4-9,21H,3,11,28H2,1-2H3. The van der Waals surface area contributed by atoms with Crippen molar-refractivity contribution in [2.24, 2.45) is 5.73 Å². The molecule has 1 atom stereocenters. The maximum Gasteiger partial charge on any atom is 0.338 e. The highest BCUT2D eigenvalue weighted by Crippen LogP contribution is 2.43. The molecule has 0 bridgehead atoms. The molecule has 32 heavy (non-hydrogen) atoms. The summed E-state index contributed by atoms with van der Waals surface area (Å²) in [6, 6.07) is 8.29. The Kier molecular flexibility index (Phi) is 6.73. The van der Waals surface area contributed by atoms with Crippen LogP contribution in [0.1, 0.15) is 30.9 Å². The van der Waals surface area contributed by atoms with E-state index in [2.05, 4.69) is 0 Å². The molecule has 0 aromatic heterocycles. The zero-order valence-electron chi connectivity index (χ0n) is 17.2. The SMILES string of the molecule is CCOC(=O)C1=C(C)OC(N)=C(C#N)C1c1ccc(F)cc1OCc1cc(F)cc(F)c1. The second-order valence-corrected chi connectivity index (χ2v) is 6.86. The van der Waals surface area contributed by atoms with Crippen molar-refractivity contribution in [3.8, 4) is 11.8 Å². The number of hydrogen-bond donors (Lipinski definition) is 1. The molecule has 0 saturated heterocycles. The molecule has 2 aromatic carbocycles. The van der Waals surface area contributed by atoms with E-state index in [1.165, 1.54) is 13.0 Å². The van der Waals surface area contributed by atoms with E-state index in [4.69, 9.17) is 19.9 Å². The van der Waals surface area contributed by atoms with Crippen LogP contribution < -0.4 is 10.5 Å². The van der Waals surface area contributed by atoms with Gasteiger partial charge in [0.1, 0.15) is 47.2 Å². The summed E-state index contributed by atoms with van der Waals surface area (Å²) in [4.78, 5) is 12.7. The minimum absolute atomic E-state index is 0.00542. The summed E-state index contributed by atoms with van der Waals surface area (Å²) in [6.45, 7) is 2.88. The predicted octanol–water partition coefficient (Wildman–Crippen LogP) is 4.33. The lowest BCUT2D eigenvalue weighted by molar-refractivity contribution is -0.139. The third-order valence-corrected chi connectivity index (χ3v) is 4.70. The fourth-order valence-electron chi connectivity index (χ4n) is 3.39. The number of allylic oxidation sites excluding steroid dienone is 2. The van der Waals surface area contributed by atoms with Crippen LogP contribution >= 0.6 is 0 Å². The maximum atomic E-state index is 14.0. The van der Waals surface area contributed by atoms with Crippen LogP contribution in [0, 0.1) is 28.8 Å². The number of nitriles is 1. The second-order valence-electron chi connectivity index (χ2n) is 6.86. The Morgan fingerprint density at radius 3 is 2.47 bits per heavy atom. The molecule has 3 rings (SSSR count). The van der Waals surface area contributed by atoms with Crippen molar-refractivity contribution in [3.05, 3.63) is 87.8 Å². The second kappa shape index (κ2) is 9.47. The molecule has 2 aromatic rings. The van der Waals surface area contributed by atoms with Gasteiger partial charge >= 0.3 is 5.97 Å². The highest BCUT2D eigenvalue weighted by atomic mass is 19.1.